The number of nitrogens with one attached hydrogen (secondary N) is 1. The van der Waals surface area contributed by atoms with Gasteiger partial charge in [0.1, 0.15) is 5.52 Å². The summed E-state index contributed by atoms with van der Waals surface area (Å²) in [6.45, 7) is 11.6. The molecule has 0 amide bonds. The van der Waals surface area contributed by atoms with Crippen LogP contribution in [0.15, 0.2) is 54.6 Å². The highest BCUT2D eigenvalue weighted by molar-refractivity contribution is 5.80. The Morgan fingerprint density at radius 2 is 1.87 bits per heavy atom. The van der Waals surface area contributed by atoms with Crippen LogP contribution in [0.3, 0.4) is 0 Å². The Bertz CT molecular complexity index is 1490. The number of nitrogens with zero attached hydrogens (tertiary/aromatic N) is 4. The lowest BCUT2D eigenvalue weighted by Crippen LogP contribution is -2.32. The van der Waals surface area contributed by atoms with Gasteiger partial charge in [-0.3, -0.25) is 9.69 Å². The van der Waals surface area contributed by atoms with Crippen molar-refractivity contribution in [1.29, 1.82) is 0 Å². The van der Waals surface area contributed by atoms with E-state index in [1.807, 2.05) is 32.2 Å². The van der Waals surface area contributed by atoms with E-state index < -0.39 is 12.0 Å². The van der Waals surface area contributed by atoms with Gasteiger partial charge in [0.25, 0.3) is 0 Å². The fraction of sp³-hybridized carbons (Fsp3) is 0.387. The first-order valence-corrected chi connectivity index (χ1v) is 13.3. The molecule has 0 aliphatic carbocycles. The van der Waals surface area contributed by atoms with Crippen LogP contribution in [0.1, 0.15) is 59.7 Å². The summed E-state index contributed by atoms with van der Waals surface area (Å²) in [6, 6.07) is 18.7. The van der Waals surface area contributed by atoms with Gasteiger partial charge in [-0.05, 0) is 77.3 Å². The van der Waals surface area contributed by atoms with E-state index >= 15 is 0 Å². The summed E-state index contributed by atoms with van der Waals surface area (Å²) in [4.78, 5) is 14.4. The molecular weight excluding hydrogens is 474 g/mol. The lowest BCUT2D eigenvalue weighted by atomic mass is 9.85. The highest BCUT2D eigenvalue weighted by atomic mass is 16.4. The Balaban J connectivity index is 1.42. The van der Waals surface area contributed by atoms with Gasteiger partial charge in [-0.2, -0.15) is 0 Å². The topological polar surface area (TPSA) is 83.3 Å². The average Bonchev–Trinajstić information content (AvgIpc) is 3.16. The Morgan fingerprint density at radius 1 is 1.11 bits per heavy atom. The number of fused-ring (bicyclic) bond motifs is 2. The molecule has 7 heteroatoms. The van der Waals surface area contributed by atoms with Gasteiger partial charge in [-0.15, -0.1) is 5.10 Å². The normalized spacial score (nSPS) is 16.1. The molecular formula is C31H37N5O2. The van der Waals surface area contributed by atoms with E-state index in [0.29, 0.717) is 0 Å². The number of hydrogen-bond acceptors (Lipinski definition) is 5. The largest absolute Gasteiger partial charge is 0.481 e. The third-order valence-electron chi connectivity index (χ3n) is 7.75. The highest BCUT2D eigenvalue weighted by Gasteiger charge is 2.28. The molecule has 0 fully saturated rings. The zero-order valence-corrected chi connectivity index (χ0v) is 23.0. The molecule has 2 heterocycles. The molecule has 1 atom stereocenters. The molecule has 0 radical (unpaired) electrons. The number of carboxylic acids is 1. The monoisotopic (exact) mass is 511 g/mol. The minimum absolute atomic E-state index is 0.0348. The Morgan fingerprint density at radius 3 is 2.63 bits per heavy atom. The summed E-state index contributed by atoms with van der Waals surface area (Å²) in [6.07, 6.45) is 1.04. The zero-order valence-electron chi connectivity index (χ0n) is 23.0. The van der Waals surface area contributed by atoms with Crippen molar-refractivity contribution in [2.45, 2.75) is 59.7 Å². The van der Waals surface area contributed by atoms with Crippen molar-refractivity contribution in [3.05, 3.63) is 88.0 Å². The summed E-state index contributed by atoms with van der Waals surface area (Å²) in [5.41, 5.74) is 10.0. The van der Waals surface area contributed by atoms with Gasteiger partial charge in [0.05, 0.1) is 18.0 Å². The summed E-state index contributed by atoms with van der Waals surface area (Å²) >= 11 is 0. The highest BCUT2D eigenvalue weighted by Crippen LogP contribution is 2.33. The number of hydrogen-bond donors (Lipinski definition) is 2. The molecule has 0 bridgehead atoms. The smallest absolute Gasteiger partial charge is 0.305 e. The van der Waals surface area contributed by atoms with Crippen LogP contribution in [-0.4, -0.2) is 37.5 Å². The third kappa shape index (κ3) is 5.43. The van der Waals surface area contributed by atoms with E-state index in [9.17, 15) is 9.90 Å². The number of rotatable bonds is 7. The lowest BCUT2D eigenvalue weighted by Gasteiger charge is -2.30. The number of aromatic nitrogens is 3. The van der Waals surface area contributed by atoms with Crippen LogP contribution in [0.4, 0.5) is 5.69 Å². The molecule has 2 N–H and O–H groups in total. The molecule has 7 nitrogen and oxygen atoms in total. The van der Waals surface area contributed by atoms with Crippen molar-refractivity contribution < 1.29 is 9.90 Å². The second-order valence-electron chi connectivity index (χ2n) is 11.6. The predicted octanol–water partition coefficient (Wildman–Crippen LogP) is 5.80. The van der Waals surface area contributed by atoms with Crippen LogP contribution in [0, 0.1) is 19.3 Å². The van der Waals surface area contributed by atoms with Gasteiger partial charge in [0.15, 0.2) is 0 Å². The van der Waals surface area contributed by atoms with Crippen molar-refractivity contribution in [3.63, 3.8) is 0 Å². The number of anilines is 1. The third-order valence-corrected chi connectivity index (χ3v) is 7.75. The molecule has 0 spiro atoms. The minimum atomic E-state index is -0.848. The fourth-order valence-electron chi connectivity index (χ4n) is 5.88. The Hall–Kier alpha value is -3.71. The average molecular weight is 512 g/mol. The van der Waals surface area contributed by atoms with Crippen LogP contribution in [0.2, 0.25) is 0 Å². The van der Waals surface area contributed by atoms with E-state index in [1.165, 1.54) is 22.3 Å². The first kappa shape index (κ1) is 25.9. The maximum absolute atomic E-state index is 11.9. The SMILES string of the molecule is Cc1ccc(NC(CC(=O)O)c2ccc3c(nnn3C)c2C)cc1CN1Cc2ccccc2CC(C)(C)C1. The molecule has 1 aromatic heterocycles. The van der Waals surface area contributed by atoms with E-state index in [1.54, 1.807) is 4.68 Å². The standard InChI is InChI=1S/C31H37N5O2/c1-20-10-11-25(14-24(20)18-36-17-23-9-7-6-8-22(23)16-31(3,4)19-36)32-27(15-29(37)38)26-12-13-28-30(21(26)2)33-34-35(28)5/h6-14,27,32H,15-19H2,1-5H3,(H,37,38). The van der Waals surface area contributed by atoms with Crippen LogP contribution < -0.4 is 5.32 Å². The van der Waals surface area contributed by atoms with Gasteiger partial charge in [-0.1, -0.05) is 55.5 Å². The van der Waals surface area contributed by atoms with Crippen molar-refractivity contribution in [2.75, 3.05) is 11.9 Å². The molecule has 4 aromatic rings. The first-order valence-electron chi connectivity index (χ1n) is 13.3. The fourth-order valence-corrected chi connectivity index (χ4v) is 5.88. The summed E-state index contributed by atoms with van der Waals surface area (Å²) in [5, 5.41) is 21.7. The van der Waals surface area contributed by atoms with E-state index in [-0.39, 0.29) is 11.8 Å². The Labute approximate surface area is 224 Å². The van der Waals surface area contributed by atoms with Crippen LogP contribution in [0.25, 0.3) is 11.0 Å². The quantitative estimate of drug-likeness (QED) is 0.326. The number of benzene rings is 3. The molecule has 1 unspecified atom stereocenters. The molecule has 3 aromatic carbocycles. The Kier molecular flexibility index (Phi) is 6.97. The summed E-state index contributed by atoms with van der Waals surface area (Å²) in [5.74, 6) is -0.848. The van der Waals surface area contributed by atoms with E-state index in [2.05, 4.69) is 77.7 Å². The van der Waals surface area contributed by atoms with Crippen LogP contribution >= 0.6 is 0 Å². The van der Waals surface area contributed by atoms with Crippen LogP contribution in [-0.2, 0) is 31.4 Å². The zero-order chi connectivity index (χ0) is 27.0. The molecule has 1 aliphatic heterocycles. The van der Waals surface area contributed by atoms with Gasteiger partial charge in [0, 0.05) is 32.4 Å². The summed E-state index contributed by atoms with van der Waals surface area (Å²) < 4.78 is 1.74. The number of carbonyl (C=O) groups is 1. The van der Waals surface area contributed by atoms with Crippen molar-refractivity contribution in [2.24, 2.45) is 12.5 Å². The van der Waals surface area contributed by atoms with Gasteiger partial charge in [-0.25, -0.2) is 4.68 Å². The number of carboxylic acid groups (broad SMARTS) is 1. The second-order valence-corrected chi connectivity index (χ2v) is 11.6. The molecule has 1 aliphatic rings. The molecule has 5 rings (SSSR count). The second kappa shape index (κ2) is 10.2. The molecule has 0 saturated carbocycles. The number of aliphatic carboxylic acids is 1. The van der Waals surface area contributed by atoms with Crippen molar-refractivity contribution in [1.82, 2.24) is 19.9 Å². The number of aryl methyl sites for hydroxylation is 3. The molecule has 38 heavy (non-hydrogen) atoms. The summed E-state index contributed by atoms with van der Waals surface area (Å²) in [7, 11) is 1.86. The van der Waals surface area contributed by atoms with Crippen molar-refractivity contribution >= 4 is 22.7 Å². The first-order chi connectivity index (χ1) is 18.1. The van der Waals surface area contributed by atoms with Gasteiger partial charge in [0.2, 0.25) is 0 Å². The van der Waals surface area contributed by atoms with Crippen LogP contribution in [0.5, 0.6) is 0 Å². The minimum Gasteiger partial charge on any atom is -0.481 e. The van der Waals surface area contributed by atoms with E-state index in [0.717, 1.165) is 53.9 Å². The van der Waals surface area contributed by atoms with E-state index in [4.69, 9.17) is 0 Å². The maximum Gasteiger partial charge on any atom is 0.305 e. The van der Waals surface area contributed by atoms with Gasteiger partial charge >= 0.3 is 5.97 Å². The molecule has 0 saturated heterocycles. The maximum atomic E-state index is 11.9. The van der Waals surface area contributed by atoms with Gasteiger partial charge < -0.3 is 10.4 Å². The lowest BCUT2D eigenvalue weighted by molar-refractivity contribution is -0.137. The molecule has 198 valence electrons. The van der Waals surface area contributed by atoms with Crippen molar-refractivity contribution in [3.8, 4) is 0 Å². The predicted molar refractivity (Wildman–Crippen MR) is 151 cm³/mol.